The van der Waals surface area contributed by atoms with Crippen LogP contribution >= 0.6 is 15.9 Å². The fourth-order valence-corrected chi connectivity index (χ4v) is 3.03. The first kappa shape index (κ1) is 21.1. The number of halogens is 3. The van der Waals surface area contributed by atoms with Crippen LogP contribution in [-0.2, 0) is 4.79 Å². The summed E-state index contributed by atoms with van der Waals surface area (Å²) in [6, 6.07) is 10.9. The molecule has 2 N–H and O–H groups in total. The third-order valence-corrected chi connectivity index (χ3v) is 4.54. The first-order valence-electron chi connectivity index (χ1n) is 8.25. The van der Waals surface area contributed by atoms with Gasteiger partial charge < -0.3 is 14.8 Å². The topological polar surface area (TPSA) is 59.6 Å². The van der Waals surface area contributed by atoms with Gasteiger partial charge in [-0.2, -0.15) is 8.78 Å². The van der Waals surface area contributed by atoms with Gasteiger partial charge in [-0.1, -0.05) is 6.07 Å². The van der Waals surface area contributed by atoms with E-state index < -0.39 is 12.7 Å². The SMILES string of the molecule is COc1ccc(C(C)NC(C)C(=O)Nc2ccc(OC(F)F)cc2)cc1Br. The molecule has 0 fully saturated rings. The molecule has 0 aromatic heterocycles. The van der Waals surface area contributed by atoms with Crippen molar-refractivity contribution in [2.24, 2.45) is 0 Å². The molecule has 2 aromatic rings. The van der Waals surface area contributed by atoms with E-state index in [0.717, 1.165) is 15.8 Å². The number of anilines is 1. The van der Waals surface area contributed by atoms with E-state index in [1.807, 2.05) is 25.1 Å². The quantitative estimate of drug-likeness (QED) is 0.619. The second-order valence-electron chi connectivity index (χ2n) is 5.90. The zero-order valence-electron chi connectivity index (χ0n) is 15.1. The van der Waals surface area contributed by atoms with Crippen LogP contribution in [0.15, 0.2) is 46.9 Å². The van der Waals surface area contributed by atoms with Gasteiger partial charge in [0, 0.05) is 11.7 Å². The van der Waals surface area contributed by atoms with Crippen LogP contribution in [0.4, 0.5) is 14.5 Å². The van der Waals surface area contributed by atoms with E-state index in [1.54, 1.807) is 14.0 Å². The Morgan fingerprint density at radius 1 is 1.11 bits per heavy atom. The predicted octanol–water partition coefficient (Wildman–Crippen LogP) is 4.74. The lowest BCUT2D eigenvalue weighted by atomic mass is 10.1. The first-order valence-corrected chi connectivity index (χ1v) is 9.04. The lowest BCUT2D eigenvalue weighted by molar-refractivity contribution is -0.117. The molecule has 2 rings (SSSR count). The van der Waals surface area contributed by atoms with Crippen molar-refractivity contribution >= 4 is 27.5 Å². The zero-order chi connectivity index (χ0) is 20.0. The van der Waals surface area contributed by atoms with Gasteiger partial charge in [-0.05, 0) is 71.7 Å². The Morgan fingerprint density at radius 2 is 1.78 bits per heavy atom. The third kappa shape index (κ3) is 6.18. The molecule has 2 unspecified atom stereocenters. The maximum absolute atomic E-state index is 12.4. The second kappa shape index (κ2) is 9.66. The molecule has 146 valence electrons. The van der Waals surface area contributed by atoms with E-state index in [1.165, 1.54) is 24.3 Å². The average Bonchev–Trinajstić information content (AvgIpc) is 2.62. The fourth-order valence-electron chi connectivity index (χ4n) is 2.47. The monoisotopic (exact) mass is 442 g/mol. The van der Waals surface area contributed by atoms with Crippen molar-refractivity contribution in [3.63, 3.8) is 0 Å². The number of amides is 1. The molecule has 2 aromatic carbocycles. The van der Waals surface area contributed by atoms with Crippen LogP contribution < -0.4 is 20.1 Å². The van der Waals surface area contributed by atoms with Crippen molar-refractivity contribution in [1.29, 1.82) is 0 Å². The fraction of sp³-hybridized carbons (Fsp3) is 0.316. The minimum absolute atomic E-state index is 0.0351. The molecule has 0 aliphatic carbocycles. The van der Waals surface area contributed by atoms with E-state index >= 15 is 0 Å². The number of nitrogens with one attached hydrogen (secondary N) is 2. The summed E-state index contributed by atoms with van der Waals surface area (Å²) in [5.41, 5.74) is 1.49. The van der Waals surface area contributed by atoms with Crippen LogP contribution in [-0.4, -0.2) is 25.7 Å². The Kier molecular flexibility index (Phi) is 7.55. The van der Waals surface area contributed by atoms with Gasteiger partial charge in [0.25, 0.3) is 0 Å². The summed E-state index contributed by atoms with van der Waals surface area (Å²) in [6.07, 6.45) is 0. The Morgan fingerprint density at radius 3 is 2.33 bits per heavy atom. The number of ether oxygens (including phenoxy) is 2. The van der Waals surface area contributed by atoms with Gasteiger partial charge >= 0.3 is 6.61 Å². The molecule has 2 atom stereocenters. The highest BCUT2D eigenvalue weighted by Crippen LogP contribution is 2.28. The minimum atomic E-state index is -2.88. The summed E-state index contributed by atoms with van der Waals surface area (Å²) in [6.45, 7) is 0.821. The molecule has 0 aliphatic heterocycles. The maximum Gasteiger partial charge on any atom is 0.387 e. The smallest absolute Gasteiger partial charge is 0.387 e. The molecule has 0 saturated heterocycles. The molecule has 5 nitrogen and oxygen atoms in total. The van der Waals surface area contributed by atoms with Gasteiger partial charge in [0.15, 0.2) is 0 Å². The van der Waals surface area contributed by atoms with E-state index in [4.69, 9.17) is 4.74 Å². The van der Waals surface area contributed by atoms with Crippen LogP contribution in [0.1, 0.15) is 25.5 Å². The number of hydrogen-bond donors (Lipinski definition) is 2. The summed E-state index contributed by atoms with van der Waals surface area (Å²) in [7, 11) is 1.60. The van der Waals surface area contributed by atoms with Crippen LogP contribution in [0.2, 0.25) is 0 Å². The van der Waals surface area contributed by atoms with Crippen LogP contribution in [0.3, 0.4) is 0 Å². The Balaban J connectivity index is 1.93. The van der Waals surface area contributed by atoms with Crippen LogP contribution in [0, 0.1) is 0 Å². The molecule has 1 amide bonds. The summed E-state index contributed by atoms with van der Waals surface area (Å²) in [5, 5.41) is 5.96. The van der Waals surface area contributed by atoms with Crippen molar-refractivity contribution in [2.75, 3.05) is 12.4 Å². The number of carbonyl (C=O) groups excluding carboxylic acids is 1. The Bertz CT molecular complexity index is 772. The first-order chi connectivity index (χ1) is 12.8. The van der Waals surface area contributed by atoms with Crippen molar-refractivity contribution in [3.05, 3.63) is 52.5 Å². The van der Waals surface area contributed by atoms with E-state index in [-0.39, 0.29) is 17.7 Å². The summed E-state index contributed by atoms with van der Waals surface area (Å²) in [5.74, 6) is 0.529. The molecular weight excluding hydrogens is 422 g/mol. The highest BCUT2D eigenvalue weighted by Gasteiger charge is 2.17. The average molecular weight is 443 g/mol. The van der Waals surface area contributed by atoms with Crippen molar-refractivity contribution in [3.8, 4) is 11.5 Å². The summed E-state index contributed by atoms with van der Waals surface area (Å²) >= 11 is 3.45. The largest absolute Gasteiger partial charge is 0.496 e. The number of rotatable bonds is 8. The van der Waals surface area contributed by atoms with E-state index in [0.29, 0.717) is 5.69 Å². The van der Waals surface area contributed by atoms with Gasteiger partial charge in [-0.25, -0.2) is 0 Å². The van der Waals surface area contributed by atoms with Gasteiger partial charge in [0.05, 0.1) is 17.6 Å². The maximum atomic E-state index is 12.4. The molecule has 0 spiro atoms. The third-order valence-electron chi connectivity index (χ3n) is 3.92. The molecule has 0 heterocycles. The molecule has 8 heteroatoms. The minimum Gasteiger partial charge on any atom is -0.496 e. The number of hydrogen-bond acceptors (Lipinski definition) is 4. The second-order valence-corrected chi connectivity index (χ2v) is 6.75. The molecular formula is C19H21BrF2N2O3. The highest BCUT2D eigenvalue weighted by atomic mass is 79.9. The Hall–Kier alpha value is -2.19. The van der Waals surface area contributed by atoms with Gasteiger partial charge in [0.2, 0.25) is 5.91 Å². The van der Waals surface area contributed by atoms with Gasteiger partial charge in [-0.3, -0.25) is 10.1 Å². The van der Waals surface area contributed by atoms with Crippen molar-refractivity contribution in [2.45, 2.75) is 32.5 Å². The van der Waals surface area contributed by atoms with Crippen LogP contribution in [0.5, 0.6) is 11.5 Å². The van der Waals surface area contributed by atoms with Crippen molar-refractivity contribution < 1.29 is 23.0 Å². The summed E-state index contributed by atoms with van der Waals surface area (Å²) < 4.78 is 34.6. The highest BCUT2D eigenvalue weighted by molar-refractivity contribution is 9.10. The van der Waals surface area contributed by atoms with Gasteiger partial charge in [0.1, 0.15) is 11.5 Å². The number of benzene rings is 2. The molecule has 0 aliphatic rings. The Labute approximate surface area is 165 Å². The molecule has 27 heavy (non-hydrogen) atoms. The molecule has 0 bridgehead atoms. The lowest BCUT2D eigenvalue weighted by Crippen LogP contribution is -2.39. The number of carbonyl (C=O) groups is 1. The predicted molar refractivity (Wildman–Crippen MR) is 103 cm³/mol. The summed E-state index contributed by atoms with van der Waals surface area (Å²) in [4.78, 5) is 12.4. The molecule has 0 saturated carbocycles. The standard InChI is InChI=1S/C19H21BrF2N2O3/c1-11(13-4-9-17(26-3)16(20)10-13)23-12(2)18(25)24-14-5-7-15(8-6-14)27-19(21)22/h4-12,19,23H,1-3H3,(H,24,25). The number of alkyl halides is 2. The zero-order valence-corrected chi connectivity index (χ0v) is 16.7. The van der Waals surface area contributed by atoms with Crippen LogP contribution in [0.25, 0.3) is 0 Å². The van der Waals surface area contributed by atoms with Gasteiger partial charge in [-0.15, -0.1) is 0 Å². The van der Waals surface area contributed by atoms with E-state index in [9.17, 15) is 13.6 Å². The van der Waals surface area contributed by atoms with E-state index in [2.05, 4.69) is 31.3 Å². The number of methoxy groups -OCH3 is 1. The van der Waals surface area contributed by atoms with Crippen molar-refractivity contribution in [1.82, 2.24) is 5.32 Å². The normalized spacial score (nSPS) is 13.1. The molecule has 0 radical (unpaired) electrons. The lowest BCUT2D eigenvalue weighted by Gasteiger charge is -2.20.